The van der Waals surface area contributed by atoms with E-state index >= 15 is 0 Å². The Morgan fingerprint density at radius 2 is 2.24 bits per heavy atom. The Hall–Kier alpha value is -1.35. The van der Waals surface area contributed by atoms with E-state index in [1.807, 2.05) is 13.0 Å². The Labute approximate surface area is 103 Å². The van der Waals surface area contributed by atoms with Crippen molar-refractivity contribution in [2.45, 2.75) is 26.7 Å². The third-order valence-corrected chi connectivity index (χ3v) is 2.88. The minimum atomic E-state index is -0.271. The predicted molar refractivity (Wildman–Crippen MR) is 68.8 cm³/mol. The number of hydrogen-bond acceptors (Lipinski definition) is 2. The van der Waals surface area contributed by atoms with Crippen LogP contribution in [0.2, 0.25) is 0 Å². The van der Waals surface area contributed by atoms with Gasteiger partial charge in [-0.2, -0.15) is 0 Å². The van der Waals surface area contributed by atoms with E-state index < -0.39 is 0 Å². The smallest absolute Gasteiger partial charge is 0.225 e. The number of carbonyl (C=O) groups excluding carboxylic acids is 1. The van der Waals surface area contributed by atoms with E-state index in [1.165, 1.54) is 11.1 Å². The van der Waals surface area contributed by atoms with Crippen LogP contribution in [0.3, 0.4) is 0 Å². The molecular formula is C14H21NO2. The third-order valence-electron chi connectivity index (χ3n) is 2.88. The Balaban J connectivity index is 2.35. The van der Waals surface area contributed by atoms with Gasteiger partial charge in [-0.25, -0.2) is 0 Å². The van der Waals surface area contributed by atoms with Gasteiger partial charge in [0.1, 0.15) is 0 Å². The molecule has 1 unspecified atom stereocenters. The number of carbonyl (C=O) groups is 1. The molecule has 0 aliphatic carbocycles. The SMILES string of the molecule is CCC(CO)C(=O)NCCc1cccc(C)c1. The average Bonchev–Trinajstić information content (AvgIpc) is 2.30. The van der Waals surface area contributed by atoms with Crippen LogP contribution < -0.4 is 5.32 Å². The Bertz CT molecular complexity index is 359. The van der Waals surface area contributed by atoms with Gasteiger partial charge in [-0.3, -0.25) is 4.79 Å². The number of rotatable bonds is 6. The van der Waals surface area contributed by atoms with E-state index in [-0.39, 0.29) is 18.4 Å². The van der Waals surface area contributed by atoms with E-state index in [0.717, 1.165) is 6.42 Å². The van der Waals surface area contributed by atoms with E-state index in [4.69, 9.17) is 5.11 Å². The third kappa shape index (κ3) is 4.57. The number of aryl methyl sites for hydroxylation is 1. The van der Waals surface area contributed by atoms with Crippen LogP contribution in [0.1, 0.15) is 24.5 Å². The lowest BCUT2D eigenvalue weighted by atomic mass is 10.1. The van der Waals surface area contributed by atoms with Gasteiger partial charge < -0.3 is 10.4 Å². The summed E-state index contributed by atoms with van der Waals surface area (Å²) in [4.78, 5) is 11.6. The van der Waals surface area contributed by atoms with E-state index in [0.29, 0.717) is 13.0 Å². The van der Waals surface area contributed by atoms with E-state index in [1.54, 1.807) is 0 Å². The molecule has 3 heteroatoms. The van der Waals surface area contributed by atoms with Crippen molar-refractivity contribution in [2.75, 3.05) is 13.2 Å². The van der Waals surface area contributed by atoms with Crippen LogP contribution in [0.5, 0.6) is 0 Å². The van der Waals surface area contributed by atoms with Gasteiger partial charge in [-0.1, -0.05) is 36.8 Å². The first-order chi connectivity index (χ1) is 8.17. The zero-order chi connectivity index (χ0) is 12.7. The number of nitrogens with one attached hydrogen (secondary N) is 1. The molecule has 0 aromatic heterocycles. The van der Waals surface area contributed by atoms with Crippen molar-refractivity contribution in [1.29, 1.82) is 0 Å². The van der Waals surface area contributed by atoms with Gasteiger partial charge in [-0.05, 0) is 25.3 Å². The summed E-state index contributed by atoms with van der Waals surface area (Å²) in [6.07, 6.45) is 1.50. The lowest BCUT2D eigenvalue weighted by Crippen LogP contribution is -2.33. The number of aliphatic hydroxyl groups is 1. The number of aliphatic hydroxyl groups excluding tert-OH is 1. The number of hydrogen-bond donors (Lipinski definition) is 2. The minimum Gasteiger partial charge on any atom is -0.396 e. The van der Waals surface area contributed by atoms with Gasteiger partial charge >= 0.3 is 0 Å². The van der Waals surface area contributed by atoms with Crippen LogP contribution >= 0.6 is 0 Å². The van der Waals surface area contributed by atoms with Gasteiger partial charge in [0.15, 0.2) is 0 Å². The van der Waals surface area contributed by atoms with Crippen molar-refractivity contribution in [3.8, 4) is 0 Å². The standard InChI is InChI=1S/C14H21NO2/c1-3-13(10-16)14(17)15-8-7-12-6-4-5-11(2)9-12/h4-6,9,13,16H,3,7-8,10H2,1-2H3,(H,15,17). The van der Waals surface area contributed by atoms with Gasteiger partial charge in [0, 0.05) is 6.54 Å². The first-order valence-corrected chi connectivity index (χ1v) is 6.11. The summed E-state index contributed by atoms with van der Waals surface area (Å²) in [5, 5.41) is 11.8. The molecule has 1 aromatic carbocycles. The maximum absolute atomic E-state index is 11.6. The van der Waals surface area contributed by atoms with Crippen molar-refractivity contribution in [3.63, 3.8) is 0 Å². The summed E-state index contributed by atoms with van der Waals surface area (Å²) < 4.78 is 0. The maximum atomic E-state index is 11.6. The highest BCUT2D eigenvalue weighted by Gasteiger charge is 2.13. The molecule has 17 heavy (non-hydrogen) atoms. The zero-order valence-corrected chi connectivity index (χ0v) is 10.6. The lowest BCUT2D eigenvalue weighted by Gasteiger charge is -2.12. The first-order valence-electron chi connectivity index (χ1n) is 6.11. The topological polar surface area (TPSA) is 49.3 Å². The largest absolute Gasteiger partial charge is 0.396 e. The Morgan fingerprint density at radius 1 is 1.47 bits per heavy atom. The molecule has 0 bridgehead atoms. The van der Waals surface area contributed by atoms with Gasteiger partial charge in [0.05, 0.1) is 12.5 Å². The molecule has 2 N–H and O–H groups in total. The van der Waals surface area contributed by atoms with Gasteiger partial charge in [0.2, 0.25) is 5.91 Å². The molecular weight excluding hydrogens is 214 g/mol. The highest BCUT2D eigenvalue weighted by Crippen LogP contribution is 2.05. The van der Waals surface area contributed by atoms with Crippen LogP contribution in [0.15, 0.2) is 24.3 Å². The second-order valence-corrected chi connectivity index (χ2v) is 4.32. The van der Waals surface area contributed by atoms with Crippen molar-refractivity contribution < 1.29 is 9.90 Å². The molecule has 0 radical (unpaired) electrons. The van der Waals surface area contributed by atoms with Crippen molar-refractivity contribution in [3.05, 3.63) is 35.4 Å². The molecule has 1 aromatic rings. The molecule has 0 saturated carbocycles. The molecule has 0 saturated heterocycles. The second-order valence-electron chi connectivity index (χ2n) is 4.32. The Morgan fingerprint density at radius 3 is 2.82 bits per heavy atom. The average molecular weight is 235 g/mol. The fraction of sp³-hybridized carbons (Fsp3) is 0.500. The van der Waals surface area contributed by atoms with Crippen LogP contribution in [-0.4, -0.2) is 24.2 Å². The van der Waals surface area contributed by atoms with Crippen LogP contribution in [-0.2, 0) is 11.2 Å². The van der Waals surface area contributed by atoms with Crippen molar-refractivity contribution in [2.24, 2.45) is 5.92 Å². The normalized spacial score (nSPS) is 12.2. The van der Waals surface area contributed by atoms with Crippen LogP contribution in [0.25, 0.3) is 0 Å². The van der Waals surface area contributed by atoms with Gasteiger partial charge in [-0.15, -0.1) is 0 Å². The Kier molecular flexibility index (Phi) is 5.70. The fourth-order valence-electron chi connectivity index (χ4n) is 1.74. The van der Waals surface area contributed by atoms with E-state index in [9.17, 15) is 4.79 Å². The molecule has 1 atom stereocenters. The first kappa shape index (κ1) is 13.7. The molecule has 0 fully saturated rings. The molecule has 0 spiro atoms. The summed E-state index contributed by atoms with van der Waals surface area (Å²) in [7, 11) is 0. The zero-order valence-electron chi connectivity index (χ0n) is 10.6. The number of amides is 1. The minimum absolute atomic E-state index is 0.0531. The lowest BCUT2D eigenvalue weighted by molar-refractivity contribution is -0.126. The molecule has 1 amide bonds. The highest BCUT2D eigenvalue weighted by atomic mass is 16.3. The summed E-state index contributed by atoms with van der Waals surface area (Å²) in [6, 6.07) is 8.26. The maximum Gasteiger partial charge on any atom is 0.225 e. The summed E-state index contributed by atoms with van der Waals surface area (Å²) >= 11 is 0. The molecule has 0 aliphatic heterocycles. The van der Waals surface area contributed by atoms with Crippen LogP contribution in [0, 0.1) is 12.8 Å². The van der Waals surface area contributed by atoms with E-state index in [2.05, 4.69) is 30.4 Å². The number of benzene rings is 1. The molecule has 0 heterocycles. The quantitative estimate of drug-likeness (QED) is 0.788. The van der Waals surface area contributed by atoms with Crippen molar-refractivity contribution >= 4 is 5.91 Å². The molecule has 1 rings (SSSR count). The molecule has 0 aliphatic rings. The van der Waals surface area contributed by atoms with Crippen LogP contribution in [0.4, 0.5) is 0 Å². The van der Waals surface area contributed by atoms with Gasteiger partial charge in [0.25, 0.3) is 0 Å². The second kappa shape index (κ2) is 7.07. The molecule has 94 valence electrons. The van der Waals surface area contributed by atoms with Crippen molar-refractivity contribution in [1.82, 2.24) is 5.32 Å². The monoisotopic (exact) mass is 235 g/mol. The fourth-order valence-corrected chi connectivity index (χ4v) is 1.74. The summed E-state index contributed by atoms with van der Waals surface area (Å²) in [5.74, 6) is -0.324. The summed E-state index contributed by atoms with van der Waals surface area (Å²) in [5.41, 5.74) is 2.46. The highest BCUT2D eigenvalue weighted by molar-refractivity contribution is 5.78. The molecule has 3 nitrogen and oxygen atoms in total. The predicted octanol–water partition coefficient (Wildman–Crippen LogP) is 1.67. The summed E-state index contributed by atoms with van der Waals surface area (Å²) in [6.45, 7) is 4.51.